The highest BCUT2D eigenvalue weighted by molar-refractivity contribution is 9.10. The van der Waals surface area contributed by atoms with E-state index in [2.05, 4.69) is 27.3 Å². The van der Waals surface area contributed by atoms with Crippen LogP contribution in [-0.4, -0.2) is 18.3 Å². The second-order valence-electron chi connectivity index (χ2n) is 5.28. The molecule has 0 atom stereocenters. The van der Waals surface area contributed by atoms with E-state index in [1.807, 2.05) is 36.4 Å². The van der Waals surface area contributed by atoms with E-state index in [4.69, 9.17) is 21.4 Å². The quantitative estimate of drug-likeness (QED) is 0.609. The number of benzene rings is 2. The van der Waals surface area contributed by atoms with E-state index in [0.717, 1.165) is 47.3 Å². The first kappa shape index (κ1) is 18.3. The van der Waals surface area contributed by atoms with Crippen molar-refractivity contribution in [3.05, 3.63) is 63.1 Å². The summed E-state index contributed by atoms with van der Waals surface area (Å²) < 4.78 is 6.98. The van der Waals surface area contributed by atoms with Crippen molar-refractivity contribution >= 4 is 27.5 Å². The van der Waals surface area contributed by atoms with Crippen LogP contribution in [0, 0.1) is 0 Å². The fourth-order valence-corrected chi connectivity index (χ4v) is 2.82. The van der Waals surface area contributed by atoms with Crippen LogP contribution in [0.4, 0.5) is 0 Å². The predicted octanol–water partition coefficient (Wildman–Crippen LogP) is 4.54. The van der Waals surface area contributed by atoms with E-state index < -0.39 is 0 Å². The summed E-state index contributed by atoms with van der Waals surface area (Å²) in [5.41, 5.74) is 2.15. The zero-order valence-electron chi connectivity index (χ0n) is 12.9. The number of hydrogen-bond acceptors (Lipinski definition) is 3. The molecule has 124 valence electrons. The van der Waals surface area contributed by atoms with Crippen molar-refractivity contribution in [1.82, 2.24) is 5.32 Å². The van der Waals surface area contributed by atoms with Gasteiger partial charge in [0.25, 0.3) is 0 Å². The molecule has 0 aromatic heterocycles. The standard InChI is InChI=1S/C18H21BrClNO2/c19-16-6-7-18(15(11-16)12-21-8-1-2-9-22)23-13-14-4-3-5-17(20)10-14/h3-7,10-11,21-22H,1-2,8-9,12-13H2. The molecular weight excluding hydrogens is 378 g/mol. The predicted molar refractivity (Wildman–Crippen MR) is 98.0 cm³/mol. The Labute approximate surface area is 150 Å². The number of nitrogens with one attached hydrogen (secondary N) is 1. The number of aliphatic hydroxyl groups is 1. The minimum atomic E-state index is 0.243. The summed E-state index contributed by atoms with van der Waals surface area (Å²) in [6, 6.07) is 13.7. The van der Waals surface area contributed by atoms with Gasteiger partial charge in [-0.3, -0.25) is 0 Å². The second-order valence-corrected chi connectivity index (χ2v) is 6.63. The third-order valence-corrected chi connectivity index (χ3v) is 4.11. The van der Waals surface area contributed by atoms with E-state index in [-0.39, 0.29) is 6.61 Å². The third kappa shape index (κ3) is 6.51. The summed E-state index contributed by atoms with van der Waals surface area (Å²) in [7, 11) is 0. The Morgan fingerprint density at radius 3 is 2.78 bits per heavy atom. The van der Waals surface area contributed by atoms with E-state index in [9.17, 15) is 0 Å². The zero-order chi connectivity index (χ0) is 16.5. The molecule has 0 spiro atoms. The Bertz CT molecular complexity index is 622. The van der Waals surface area contributed by atoms with E-state index in [0.29, 0.717) is 11.6 Å². The molecule has 0 heterocycles. The van der Waals surface area contributed by atoms with Gasteiger partial charge < -0.3 is 15.2 Å². The van der Waals surface area contributed by atoms with Crippen molar-refractivity contribution in [1.29, 1.82) is 0 Å². The number of unbranched alkanes of at least 4 members (excludes halogenated alkanes) is 1. The van der Waals surface area contributed by atoms with Gasteiger partial charge in [-0.05, 0) is 55.3 Å². The van der Waals surface area contributed by atoms with E-state index in [1.165, 1.54) is 0 Å². The number of hydrogen-bond donors (Lipinski definition) is 2. The smallest absolute Gasteiger partial charge is 0.124 e. The van der Waals surface area contributed by atoms with Gasteiger partial charge in [0, 0.05) is 28.2 Å². The molecule has 0 bridgehead atoms. The van der Waals surface area contributed by atoms with Gasteiger partial charge in [0.2, 0.25) is 0 Å². The topological polar surface area (TPSA) is 41.5 Å². The van der Waals surface area contributed by atoms with Gasteiger partial charge in [0.15, 0.2) is 0 Å². The largest absolute Gasteiger partial charge is 0.489 e. The van der Waals surface area contributed by atoms with Crippen molar-refractivity contribution in [2.24, 2.45) is 0 Å². The molecule has 0 radical (unpaired) electrons. The van der Waals surface area contributed by atoms with E-state index in [1.54, 1.807) is 0 Å². The number of halogens is 2. The number of rotatable bonds is 9. The third-order valence-electron chi connectivity index (χ3n) is 3.38. The molecular formula is C18H21BrClNO2. The summed E-state index contributed by atoms with van der Waals surface area (Å²) in [6.45, 7) is 2.34. The molecule has 5 heteroatoms. The lowest BCUT2D eigenvalue weighted by Gasteiger charge is -2.13. The Kier molecular flexibility index (Phi) is 7.89. The highest BCUT2D eigenvalue weighted by Crippen LogP contribution is 2.24. The first-order valence-corrected chi connectivity index (χ1v) is 8.83. The van der Waals surface area contributed by atoms with Gasteiger partial charge in [0.05, 0.1) is 0 Å². The molecule has 0 saturated heterocycles. The van der Waals surface area contributed by atoms with Crippen LogP contribution in [0.2, 0.25) is 5.02 Å². The van der Waals surface area contributed by atoms with Gasteiger partial charge >= 0.3 is 0 Å². The lowest BCUT2D eigenvalue weighted by Crippen LogP contribution is -2.15. The SMILES string of the molecule is OCCCCNCc1cc(Br)ccc1OCc1cccc(Cl)c1. The van der Waals surface area contributed by atoms with Crippen LogP contribution >= 0.6 is 27.5 Å². The van der Waals surface area contributed by atoms with Gasteiger partial charge in [-0.15, -0.1) is 0 Å². The monoisotopic (exact) mass is 397 g/mol. The molecule has 3 nitrogen and oxygen atoms in total. The van der Waals surface area contributed by atoms with Crippen molar-refractivity contribution in [3.63, 3.8) is 0 Å². The van der Waals surface area contributed by atoms with Crippen LogP contribution in [0.25, 0.3) is 0 Å². The fourth-order valence-electron chi connectivity index (χ4n) is 2.20. The highest BCUT2D eigenvalue weighted by Gasteiger charge is 2.05. The van der Waals surface area contributed by atoms with Gasteiger partial charge in [-0.25, -0.2) is 0 Å². The summed E-state index contributed by atoms with van der Waals surface area (Å²) in [6.07, 6.45) is 1.78. The fraction of sp³-hybridized carbons (Fsp3) is 0.333. The molecule has 0 unspecified atom stereocenters. The molecule has 0 fully saturated rings. The molecule has 0 saturated carbocycles. The zero-order valence-corrected chi connectivity index (χ0v) is 15.2. The molecule has 0 amide bonds. The van der Waals surface area contributed by atoms with Crippen molar-refractivity contribution in [2.45, 2.75) is 26.0 Å². The van der Waals surface area contributed by atoms with Gasteiger partial charge in [0.1, 0.15) is 12.4 Å². The minimum absolute atomic E-state index is 0.243. The van der Waals surface area contributed by atoms with Crippen LogP contribution in [0.1, 0.15) is 24.0 Å². The van der Waals surface area contributed by atoms with E-state index >= 15 is 0 Å². The normalized spacial score (nSPS) is 10.7. The second kappa shape index (κ2) is 9.93. The van der Waals surface area contributed by atoms with Gasteiger partial charge in [-0.2, -0.15) is 0 Å². The van der Waals surface area contributed by atoms with Crippen LogP contribution in [0.5, 0.6) is 5.75 Å². The first-order valence-electron chi connectivity index (χ1n) is 7.66. The number of ether oxygens (including phenoxy) is 1. The first-order chi connectivity index (χ1) is 11.2. The molecule has 2 aromatic rings. The van der Waals surface area contributed by atoms with Crippen LogP contribution in [0.15, 0.2) is 46.9 Å². The maximum atomic E-state index is 8.80. The molecule has 2 rings (SSSR count). The Morgan fingerprint density at radius 2 is 2.00 bits per heavy atom. The molecule has 2 aromatic carbocycles. The average Bonchev–Trinajstić information content (AvgIpc) is 2.54. The summed E-state index contributed by atoms with van der Waals surface area (Å²) >= 11 is 9.50. The van der Waals surface area contributed by atoms with Crippen LogP contribution < -0.4 is 10.1 Å². The van der Waals surface area contributed by atoms with Crippen LogP contribution in [-0.2, 0) is 13.2 Å². The molecule has 23 heavy (non-hydrogen) atoms. The summed E-state index contributed by atoms with van der Waals surface area (Å²) in [4.78, 5) is 0. The lowest BCUT2D eigenvalue weighted by atomic mass is 10.2. The van der Waals surface area contributed by atoms with Crippen molar-refractivity contribution in [2.75, 3.05) is 13.2 Å². The average molecular weight is 399 g/mol. The minimum Gasteiger partial charge on any atom is -0.489 e. The molecule has 0 aliphatic carbocycles. The van der Waals surface area contributed by atoms with Crippen molar-refractivity contribution < 1.29 is 9.84 Å². The highest BCUT2D eigenvalue weighted by atomic mass is 79.9. The summed E-state index contributed by atoms with van der Waals surface area (Å²) in [5, 5.41) is 12.9. The van der Waals surface area contributed by atoms with Crippen molar-refractivity contribution in [3.8, 4) is 5.75 Å². The Hall–Kier alpha value is -1.07. The number of aliphatic hydroxyl groups excluding tert-OH is 1. The van der Waals surface area contributed by atoms with Gasteiger partial charge in [-0.1, -0.05) is 39.7 Å². The molecule has 2 N–H and O–H groups in total. The molecule has 0 aliphatic heterocycles. The Morgan fingerprint density at radius 1 is 1.13 bits per heavy atom. The lowest BCUT2D eigenvalue weighted by molar-refractivity contribution is 0.283. The molecule has 0 aliphatic rings. The summed E-state index contributed by atoms with van der Waals surface area (Å²) in [5.74, 6) is 0.864. The Balaban J connectivity index is 1.94. The maximum absolute atomic E-state index is 8.80. The van der Waals surface area contributed by atoms with Crippen LogP contribution in [0.3, 0.4) is 0 Å². The maximum Gasteiger partial charge on any atom is 0.124 e.